The van der Waals surface area contributed by atoms with E-state index in [-0.39, 0.29) is 25.0 Å². The topological polar surface area (TPSA) is 102 Å². The van der Waals surface area contributed by atoms with Crippen LogP contribution in [0.2, 0.25) is 0 Å². The molecule has 0 spiro atoms. The molecule has 1 aliphatic rings. The van der Waals surface area contributed by atoms with Crippen molar-refractivity contribution in [2.75, 3.05) is 27.2 Å². The lowest BCUT2D eigenvalue weighted by atomic mass is 9.75. The van der Waals surface area contributed by atoms with Crippen molar-refractivity contribution in [1.82, 2.24) is 25.1 Å². The molecule has 1 fully saturated rings. The number of aryl methyl sites for hydroxylation is 1. The Labute approximate surface area is 192 Å². The van der Waals surface area contributed by atoms with Gasteiger partial charge in [-0.2, -0.15) is 0 Å². The number of amides is 2. The lowest BCUT2D eigenvalue weighted by Gasteiger charge is -2.42. The Morgan fingerprint density at radius 3 is 2.64 bits per heavy atom. The maximum absolute atomic E-state index is 13.6. The molecule has 33 heavy (non-hydrogen) atoms. The number of hydrogen-bond donors (Lipinski definition) is 0. The number of rotatable bonds is 6. The van der Waals surface area contributed by atoms with Crippen LogP contribution in [0.3, 0.4) is 0 Å². The maximum atomic E-state index is 13.6. The minimum atomic E-state index is -0.891. The minimum absolute atomic E-state index is 0.0581. The molecule has 0 bridgehead atoms. The van der Waals surface area contributed by atoms with E-state index in [1.807, 2.05) is 24.3 Å². The Hall–Kier alpha value is -3.75. The van der Waals surface area contributed by atoms with E-state index in [4.69, 9.17) is 9.37 Å². The van der Waals surface area contributed by atoms with Crippen LogP contribution in [0.15, 0.2) is 53.3 Å². The second-order valence-corrected chi connectivity index (χ2v) is 8.41. The molecule has 0 N–H and O–H groups in total. The van der Waals surface area contributed by atoms with E-state index in [1.165, 1.54) is 0 Å². The van der Waals surface area contributed by atoms with Crippen molar-refractivity contribution in [3.8, 4) is 5.75 Å². The van der Waals surface area contributed by atoms with Gasteiger partial charge in [0.25, 0.3) is 5.91 Å². The summed E-state index contributed by atoms with van der Waals surface area (Å²) >= 11 is 0. The first kappa shape index (κ1) is 22.4. The SMILES string of the molecule is Cc1nonc1COc1ccccc1C(=O)N1CCC[C@@](C(=O)N(C)C)(c2ccccn2)C1. The molecule has 2 aromatic heterocycles. The van der Waals surface area contributed by atoms with Gasteiger partial charge in [0.05, 0.1) is 11.3 Å². The summed E-state index contributed by atoms with van der Waals surface area (Å²) in [6.07, 6.45) is 3.00. The monoisotopic (exact) mass is 449 g/mol. The number of hydrogen-bond acceptors (Lipinski definition) is 7. The maximum Gasteiger partial charge on any atom is 0.257 e. The van der Waals surface area contributed by atoms with Crippen molar-refractivity contribution in [3.63, 3.8) is 0 Å². The summed E-state index contributed by atoms with van der Waals surface area (Å²) in [6, 6.07) is 12.6. The van der Waals surface area contributed by atoms with E-state index in [0.717, 1.165) is 0 Å². The van der Waals surface area contributed by atoms with Crippen LogP contribution >= 0.6 is 0 Å². The van der Waals surface area contributed by atoms with Crippen molar-refractivity contribution in [2.24, 2.45) is 0 Å². The summed E-state index contributed by atoms with van der Waals surface area (Å²) in [7, 11) is 3.47. The number of nitrogens with zero attached hydrogens (tertiary/aromatic N) is 5. The molecule has 0 unspecified atom stereocenters. The fourth-order valence-corrected chi connectivity index (χ4v) is 4.26. The van der Waals surface area contributed by atoms with Gasteiger partial charge in [-0.3, -0.25) is 14.6 Å². The molecule has 1 aliphatic heterocycles. The zero-order chi connectivity index (χ0) is 23.4. The van der Waals surface area contributed by atoms with Gasteiger partial charge >= 0.3 is 0 Å². The van der Waals surface area contributed by atoms with Gasteiger partial charge in [-0.05, 0) is 44.0 Å². The van der Waals surface area contributed by atoms with Crippen LogP contribution in [0.5, 0.6) is 5.75 Å². The smallest absolute Gasteiger partial charge is 0.257 e. The summed E-state index contributed by atoms with van der Waals surface area (Å²) in [5, 5.41) is 7.58. The molecule has 1 saturated heterocycles. The van der Waals surface area contributed by atoms with Crippen molar-refractivity contribution >= 4 is 11.8 Å². The van der Waals surface area contributed by atoms with Crippen LogP contribution in [0, 0.1) is 6.92 Å². The van der Waals surface area contributed by atoms with Crippen molar-refractivity contribution in [1.29, 1.82) is 0 Å². The predicted molar refractivity (Wildman–Crippen MR) is 120 cm³/mol. The number of pyridine rings is 1. The van der Waals surface area contributed by atoms with Crippen LogP contribution in [0.25, 0.3) is 0 Å². The number of carbonyl (C=O) groups excluding carboxylic acids is 2. The summed E-state index contributed by atoms with van der Waals surface area (Å²) in [5.74, 6) is 0.197. The van der Waals surface area contributed by atoms with Gasteiger partial charge in [0.1, 0.15) is 29.2 Å². The number of aromatic nitrogens is 3. The van der Waals surface area contributed by atoms with E-state index in [9.17, 15) is 9.59 Å². The third kappa shape index (κ3) is 4.44. The van der Waals surface area contributed by atoms with Gasteiger partial charge < -0.3 is 14.5 Å². The third-order valence-electron chi connectivity index (χ3n) is 5.98. The van der Waals surface area contributed by atoms with Gasteiger partial charge in [-0.25, -0.2) is 4.63 Å². The molecule has 0 radical (unpaired) electrons. The molecular weight excluding hydrogens is 422 g/mol. The zero-order valence-electron chi connectivity index (χ0n) is 19.0. The molecule has 172 valence electrons. The zero-order valence-corrected chi connectivity index (χ0v) is 19.0. The predicted octanol–water partition coefficient (Wildman–Crippen LogP) is 2.61. The summed E-state index contributed by atoms with van der Waals surface area (Å²) in [5.41, 5.74) is 1.43. The average Bonchev–Trinajstić information content (AvgIpc) is 3.27. The second-order valence-electron chi connectivity index (χ2n) is 8.41. The Morgan fingerprint density at radius 2 is 1.94 bits per heavy atom. The fourth-order valence-electron chi connectivity index (χ4n) is 4.26. The molecule has 4 rings (SSSR count). The molecular formula is C24H27N5O4. The molecule has 3 heterocycles. The summed E-state index contributed by atoms with van der Waals surface area (Å²) < 4.78 is 10.6. The molecule has 1 aromatic carbocycles. The van der Waals surface area contributed by atoms with Gasteiger partial charge in [0.2, 0.25) is 5.91 Å². The fraction of sp³-hybridized carbons (Fsp3) is 0.375. The number of likely N-dealkylation sites (tertiary alicyclic amines) is 1. The standard InChI is InChI=1S/C24H27N5O4/c1-17-19(27-33-26-17)15-32-20-10-5-4-9-18(20)22(30)29-14-8-12-24(16-29,23(31)28(2)3)21-11-6-7-13-25-21/h4-7,9-11,13H,8,12,14-16H2,1-3H3/t24-/m0/s1. The normalized spacial score (nSPS) is 18.1. The van der Waals surface area contributed by atoms with Gasteiger partial charge in [-0.15, -0.1) is 0 Å². The van der Waals surface area contributed by atoms with E-state index in [1.54, 1.807) is 55.2 Å². The van der Waals surface area contributed by atoms with Crippen LogP contribution in [0.1, 0.15) is 40.3 Å². The lowest BCUT2D eigenvalue weighted by molar-refractivity contribution is -0.136. The highest BCUT2D eigenvalue weighted by molar-refractivity contribution is 5.98. The Balaban J connectivity index is 1.61. The number of ether oxygens (including phenoxy) is 1. The van der Waals surface area contributed by atoms with E-state index in [2.05, 4.69) is 15.3 Å². The summed E-state index contributed by atoms with van der Waals surface area (Å²) in [6.45, 7) is 2.71. The van der Waals surface area contributed by atoms with Crippen molar-refractivity contribution in [2.45, 2.75) is 31.8 Å². The van der Waals surface area contributed by atoms with E-state index < -0.39 is 5.41 Å². The number of piperidine rings is 1. The van der Waals surface area contributed by atoms with Crippen molar-refractivity contribution < 1.29 is 19.0 Å². The number of carbonyl (C=O) groups is 2. The van der Waals surface area contributed by atoms with Crippen molar-refractivity contribution in [3.05, 3.63) is 71.3 Å². The van der Waals surface area contributed by atoms with Crippen LogP contribution < -0.4 is 4.74 Å². The lowest BCUT2D eigenvalue weighted by Crippen LogP contribution is -2.56. The molecule has 2 amide bonds. The van der Waals surface area contributed by atoms with Gasteiger partial charge in [-0.1, -0.05) is 28.5 Å². The first-order chi connectivity index (χ1) is 15.9. The molecule has 0 saturated carbocycles. The van der Waals surface area contributed by atoms with E-state index in [0.29, 0.717) is 47.8 Å². The molecule has 9 heteroatoms. The second kappa shape index (κ2) is 9.40. The molecule has 9 nitrogen and oxygen atoms in total. The van der Waals surface area contributed by atoms with Gasteiger partial charge in [0.15, 0.2) is 0 Å². The van der Waals surface area contributed by atoms with Crippen LogP contribution in [-0.2, 0) is 16.8 Å². The quantitative estimate of drug-likeness (QED) is 0.570. The largest absolute Gasteiger partial charge is 0.486 e. The highest BCUT2D eigenvalue weighted by Gasteiger charge is 2.47. The highest BCUT2D eigenvalue weighted by Crippen LogP contribution is 2.36. The average molecular weight is 450 g/mol. The molecule has 0 aliphatic carbocycles. The number of likely N-dealkylation sites (N-methyl/N-ethyl adjacent to an activating group) is 1. The van der Waals surface area contributed by atoms with Crippen LogP contribution in [0.4, 0.5) is 0 Å². The first-order valence-electron chi connectivity index (χ1n) is 10.8. The minimum Gasteiger partial charge on any atom is -0.486 e. The number of para-hydroxylation sites is 1. The van der Waals surface area contributed by atoms with Crippen LogP contribution in [-0.4, -0.2) is 64.1 Å². The molecule has 3 aromatic rings. The van der Waals surface area contributed by atoms with Gasteiger partial charge in [0, 0.05) is 33.4 Å². The highest BCUT2D eigenvalue weighted by atomic mass is 16.6. The third-order valence-corrected chi connectivity index (χ3v) is 5.98. The molecule has 1 atom stereocenters. The summed E-state index contributed by atoms with van der Waals surface area (Å²) in [4.78, 5) is 34.8. The number of benzene rings is 1. The Morgan fingerprint density at radius 1 is 1.15 bits per heavy atom. The Bertz CT molecular complexity index is 1130. The van der Waals surface area contributed by atoms with E-state index >= 15 is 0 Å². The first-order valence-corrected chi connectivity index (χ1v) is 10.8. The Kier molecular flexibility index (Phi) is 6.39.